The predicted octanol–water partition coefficient (Wildman–Crippen LogP) is 5.74. The predicted molar refractivity (Wildman–Crippen MR) is 163 cm³/mol. The molecule has 0 bridgehead atoms. The minimum absolute atomic E-state index is 0.00842. The molecule has 2 heterocycles. The van der Waals surface area contributed by atoms with E-state index < -0.39 is 11.7 Å². The number of methoxy groups -OCH3 is 1. The lowest BCUT2D eigenvalue weighted by Crippen LogP contribution is -2.46. The van der Waals surface area contributed by atoms with Crippen LogP contribution in [-0.2, 0) is 17.4 Å². The first-order valence-corrected chi connectivity index (χ1v) is 15.2. The molecule has 0 spiro atoms. The first-order chi connectivity index (χ1) is 20.9. The number of aryl methyl sites for hydroxylation is 1. The number of hydrogen-bond acceptors (Lipinski definition) is 7. The Balaban J connectivity index is 1.53. The molecule has 1 aliphatic carbocycles. The van der Waals surface area contributed by atoms with Crippen LogP contribution in [-0.4, -0.2) is 78.0 Å². The van der Waals surface area contributed by atoms with E-state index in [1.165, 1.54) is 14.0 Å². The minimum Gasteiger partial charge on any atom is -0.495 e. The van der Waals surface area contributed by atoms with Gasteiger partial charge in [0.2, 0.25) is 11.9 Å². The number of hydrogen-bond donors (Lipinski definition) is 2. The van der Waals surface area contributed by atoms with E-state index in [0.29, 0.717) is 23.4 Å². The molecule has 1 saturated heterocycles. The van der Waals surface area contributed by atoms with Crippen LogP contribution in [0.25, 0.3) is 0 Å². The topological polar surface area (TPSA) is 99.7 Å². The molecule has 2 N–H and O–H groups in total. The SMILES string of the molecule is COc1cc(C(=O)N[C@@H]2CCCN(C)C2)ccc1Nc1ncc(C(F)(F)F)c(CC/C(C)=C2\CCCC[C@H]2N(C)C(C)=O)n1. The molecule has 2 amide bonds. The van der Waals surface area contributed by atoms with Crippen molar-refractivity contribution in [1.82, 2.24) is 25.1 Å². The Morgan fingerprint density at radius 3 is 2.61 bits per heavy atom. The molecule has 44 heavy (non-hydrogen) atoms. The number of carbonyl (C=O) groups is 2. The lowest BCUT2D eigenvalue weighted by Gasteiger charge is -2.34. The largest absolute Gasteiger partial charge is 0.495 e. The second-order valence-corrected chi connectivity index (χ2v) is 11.9. The van der Waals surface area contributed by atoms with Crippen LogP contribution in [0.3, 0.4) is 0 Å². The first-order valence-electron chi connectivity index (χ1n) is 15.2. The number of aromatic nitrogens is 2. The summed E-state index contributed by atoms with van der Waals surface area (Å²) in [6.45, 7) is 5.25. The molecule has 2 aliphatic rings. The fourth-order valence-corrected chi connectivity index (χ4v) is 6.12. The molecule has 2 aromatic rings. The number of nitrogens with one attached hydrogen (secondary N) is 2. The molecular weight excluding hydrogens is 573 g/mol. The van der Waals surface area contributed by atoms with Gasteiger partial charge in [-0.25, -0.2) is 9.97 Å². The lowest BCUT2D eigenvalue weighted by molar-refractivity contribution is -0.138. The van der Waals surface area contributed by atoms with Crippen LogP contribution in [0.1, 0.15) is 80.4 Å². The number of allylic oxidation sites excluding steroid dienone is 1. The third kappa shape index (κ3) is 8.28. The Morgan fingerprint density at radius 2 is 1.93 bits per heavy atom. The van der Waals surface area contributed by atoms with Gasteiger partial charge in [0.1, 0.15) is 5.75 Å². The number of piperidine rings is 1. The van der Waals surface area contributed by atoms with Crippen molar-refractivity contribution >= 4 is 23.5 Å². The molecule has 12 heteroatoms. The van der Waals surface area contributed by atoms with E-state index in [0.717, 1.165) is 69.0 Å². The van der Waals surface area contributed by atoms with Gasteiger partial charge in [0.25, 0.3) is 5.91 Å². The summed E-state index contributed by atoms with van der Waals surface area (Å²) >= 11 is 0. The third-order valence-corrected chi connectivity index (χ3v) is 8.67. The standard InChI is InChI=1S/C32H43F3N6O3/c1-20(24-10-6-7-11-28(24)41(4)21(2)42)12-14-26-25(32(33,34)35)18-36-31(38-26)39-27-15-13-22(17-29(27)44-5)30(43)37-23-9-8-16-40(3)19-23/h13,15,17-18,23,28H,6-12,14,16,19H2,1-5H3,(H,37,43)(H,36,38,39)/b24-20+/t23-,28-/m1/s1. The molecule has 1 saturated carbocycles. The number of nitrogens with zero attached hydrogens (tertiary/aromatic N) is 4. The fourth-order valence-electron chi connectivity index (χ4n) is 6.12. The number of benzene rings is 1. The monoisotopic (exact) mass is 616 g/mol. The number of rotatable bonds is 9. The van der Waals surface area contributed by atoms with E-state index in [4.69, 9.17) is 4.74 Å². The number of likely N-dealkylation sites (tertiary alicyclic amines) is 1. The number of halogens is 3. The first kappa shape index (κ1) is 33.2. The van der Waals surface area contributed by atoms with Crippen LogP contribution in [0.15, 0.2) is 35.5 Å². The highest BCUT2D eigenvalue weighted by atomic mass is 19.4. The number of amides is 2. The number of likely N-dealkylation sites (N-methyl/N-ethyl adjacent to an activating group) is 2. The Hall–Kier alpha value is -3.67. The van der Waals surface area contributed by atoms with Crippen LogP contribution < -0.4 is 15.4 Å². The Morgan fingerprint density at radius 1 is 1.16 bits per heavy atom. The van der Waals surface area contributed by atoms with Gasteiger partial charge in [-0.3, -0.25) is 9.59 Å². The second-order valence-electron chi connectivity index (χ2n) is 11.9. The van der Waals surface area contributed by atoms with Crippen molar-refractivity contribution in [2.75, 3.05) is 39.6 Å². The average Bonchev–Trinajstić information content (AvgIpc) is 2.99. The summed E-state index contributed by atoms with van der Waals surface area (Å²) < 4.78 is 47.4. The summed E-state index contributed by atoms with van der Waals surface area (Å²) in [6, 6.07) is 4.87. The molecule has 2 atom stereocenters. The smallest absolute Gasteiger partial charge is 0.419 e. The van der Waals surface area contributed by atoms with E-state index in [1.54, 1.807) is 30.1 Å². The van der Waals surface area contributed by atoms with Gasteiger partial charge < -0.3 is 25.2 Å². The van der Waals surface area contributed by atoms with Gasteiger partial charge in [-0.05, 0) is 89.2 Å². The molecule has 0 unspecified atom stereocenters. The van der Waals surface area contributed by atoms with Gasteiger partial charge in [0.15, 0.2) is 0 Å². The minimum atomic E-state index is -4.61. The van der Waals surface area contributed by atoms with Crippen LogP contribution in [0, 0.1) is 0 Å². The van der Waals surface area contributed by atoms with Gasteiger partial charge in [0, 0.05) is 38.3 Å². The molecule has 0 radical (unpaired) electrons. The summed E-state index contributed by atoms with van der Waals surface area (Å²) in [5.41, 5.74) is 1.94. The van der Waals surface area contributed by atoms with E-state index in [2.05, 4.69) is 25.5 Å². The van der Waals surface area contributed by atoms with Crippen molar-refractivity contribution in [1.29, 1.82) is 0 Å². The summed E-state index contributed by atoms with van der Waals surface area (Å²) in [6.07, 6.45) is 2.21. The zero-order chi connectivity index (χ0) is 32.0. The summed E-state index contributed by atoms with van der Waals surface area (Å²) in [7, 11) is 5.25. The van der Waals surface area contributed by atoms with Crippen molar-refractivity contribution in [3.63, 3.8) is 0 Å². The maximum atomic E-state index is 14.0. The summed E-state index contributed by atoms with van der Waals surface area (Å²) in [5.74, 6) is 0.0736. The molecule has 9 nitrogen and oxygen atoms in total. The number of alkyl halides is 3. The van der Waals surface area contributed by atoms with Crippen molar-refractivity contribution in [2.45, 2.75) is 83.5 Å². The van der Waals surface area contributed by atoms with Crippen molar-refractivity contribution in [3.05, 3.63) is 52.4 Å². The number of ether oxygens (including phenoxy) is 1. The Kier molecular flexibility index (Phi) is 10.9. The van der Waals surface area contributed by atoms with Crippen molar-refractivity contribution in [3.8, 4) is 5.75 Å². The summed E-state index contributed by atoms with van der Waals surface area (Å²) in [4.78, 5) is 37.1. The van der Waals surface area contributed by atoms with E-state index >= 15 is 0 Å². The molecule has 1 aliphatic heterocycles. The second kappa shape index (κ2) is 14.4. The average molecular weight is 617 g/mol. The Labute approximate surface area is 257 Å². The fraction of sp³-hybridized carbons (Fsp3) is 0.562. The zero-order valence-electron chi connectivity index (χ0n) is 26.2. The van der Waals surface area contributed by atoms with Gasteiger partial charge in [-0.2, -0.15) is 13.2 Å². The highest BCUT2D eigenvalue weighted by Gasteiger charge is 2.35. The van der Waals surface area contributed by atoms with Gasteiger partial charge in [-0.1, -0.05) is 12.0 Å². The molecule has 1 aromatic carbocycles. The van der Waals surface area contributed by atoms with Crippen molar-refractivity contribution in [2.24, 2.45) is 0 Å². The molecule has 2 fully saturated rings. The lowest BCUT2D eigenvalue weighted by atomic mass is 9.84. The van der Waals surface area contributed by atoms with Crippen LogP contribution in [0.2, 0.25) is 0 Å². The van der Waals surface area contributed by atoms with Crippen LogP contribution in [0.5, 0.6) is 5.75 Å². The van der Waals surface area contributed by atoms with E-state index in [-0.39, 0.29) is 42.0 Å². The molecular formula is C32H43F3N6O3. The van der Waals surface area contributed by atoms with Crippen LogP contribution in [0.4, 0.5) is 24.8 Å². The van der Waals surface area contributed by atoms with E-state index in [1.807, 2.05) is 14.0 Å². The quantitative estimate of drug-likeness (QED) is 0.347. The Bertz CT molecular complexity index is 1380. The summed E-state index contributed by atoms with van der Waals surface area (Å²) in [5, 5.41) is 6.04. The zero-order valence-corrected chi connectivity index (χ0v) is 26.2. The maximum Gasteiger partial charge on any atom is 0.419 e. The number of anilines is 2. The van der Waals surface area contributed by atoms with Crippen molar-refractivity contribution < 1.29 is 27.5 Å². The van der Waals surface area contributed by atoms with E-state index in [9.17, 15) is 22.8 Å². The van der Waals surface area contributed by atoms with Gasteiger partial charge in [0.05, 0.1) is 30.1 Å². The van der Waals surface area contributed by atoms with Crippen LogP contribution >= 0.6 is 0 Å². The van der Waals surface area contributed by atoms with Gasteiger partial charge >= 0.3 is 6.18 Å². The molecule has 4 rings (SSSR count). The highest BCUT2D eigenvalue weighted by Crippen LogP contribution is 2.35. The number of carbonyl (C=O) groups excluding carboxylic acids is 2. The third-order valence-electron chi connectivity index (χ3n) is 8.67. The van der Waals surface area contributed by atoms with Gasteiger partial charge in [-0.15, -0.1) is 0 Å². The molecule has 1 aromatic heterocycles. The maximum absolute atomic E-state index is 14.0. The normalized spacial score (nSPS) is 20.5. The highest BCUT2D eigenvalue weighted by molar-refractivity contribution is 5.95. The molecule has 240 valence electrons.